The quantitative estimate of drug-likeness (QED) is 0.510. The molecule has 2 heterocycles. The molecule has 212 valence electrons. The van der Waals surface area contributed by atoms with Crippen LogP contribution >= 0.6 is 0 Å². The van der Waals surface area contributed by atoms with Crippen molar-refractivity contribution in [1.82, 2.24) is 20.5 Å². The van der Waals surface area contributed by atoms with E-state index in [-0.39, 0.29) is 17.9 Å². The third kappa shape index (κ3) is 6.61. The second-order valence-corrected chi connectivity index (χ2v) is 12.1. The van der Waals surface area contributed by atoms with Gasteiger partial charge in [0.2, 0.25) is 5.91 Å². The lowest BCUT2D eigenvalue weighted by Crippen LogP contribution is -2.61. The monoisotopic (exact) mass is 545 g/mol. The van der Waals surface area contributed by atoms with Crippen LogP contribution in [0.25, 0.3) is 11.1 Å². The molecule has 3 amide bonds. The first-order valence-corrected chi connectivity index (χ1v) is 14.0. The van der Waals surface area contributed by atoms with Crippen molar-refractivity contribution in [2.24, 2.45) is 0 Å². The third-order valence-electron chi connectivity index (χ3n) is 7.46. The van der Waals surface area contributed by atoms with Crippen LogP contribution in [0.15, 0.2) is 36.5 Å². The predicted molar refractivity (Wildman–Crippen MR) is 151 cm³/mol. The van der Waals surface area contributed by atoms with Crippen molar-refractivity contribution in [1.29, 1.82) is 5.26 Å². The highest BCUT2D eigenvalue weighted by Crippen LogP contribution is 2.30. The molecule has 2 aliphatic rings. The maximum Gasteiger partial charge on any atom is 0.408 e. The molecule has 1 aliphatic carbocycles. The molecular weight excluding hydrogens is 506 g/mol. The number of nitrogens with one attached hydrogen (secondary N) is 2. The first-order valence-electron chi connectivity index (χ1n) is 14.0. The average Bonchev–Trinajstić information content (AvgIpc) is 3.24. The smallest absolute Gasteiger partial charge is 0.408 e. The van der Waals surface area contributed by atoms with Gasteiger partial charge in [-0.2, -0.15) is 5.26 Å². The summed E-state index contributed by atoms with van der Waals surface area (Å²) in [5.74, 6) is -0.386. The average molecular weight is 546 g/mol. The highest BCUT2D eigenvalue weighted by Gasteiger charge is 2.42. The number of alkyl carbamates (subject to hydrolysis) is 1. The van der Waals surface area contributed by atoms with Gasteiger partial charge >= 0.3 is 6.09 Å². The molecule has 1 aromatic carbocycles. The van der Waals surface area contributed by atoms with E-state index in [2.05, 4.69) is 21.7 Å². The van der Waals surface area contributed by atoms with Crippen LogP contribution in [0.3, 0.4) is 0 Å². The Morgan fingerprint density at radius 3 is 2.40 bits per heavy atom. The maximum atomic E-state index is 13.4. The van der Waals surface area contributed by atoms with Gasteiger partial charge < -0.3 is 20.3 Å². The molecule has 1 fully saturated rings. The number of aromatic nitrogens is 1. The zero-order valence-corrected chi connectivity index (χ0v) is 24.0. The van der Waals surface area contributed by atoms with Crippen LogP contribution in [0, 0.1) is 11.3 Å². The van der Waals surface area contributed by atoms with Crippen LogP contribution in [0.5, 0.6) is 0 Å². The normalized spacial score (nSPS) is 17.1. The van der Waals surface area contributed by atoms with E-state index in [1.807, 2.05) is 44.2 Å². The molecule has 4 rings (SSSR count). The van der Waals surface area contributed by atoms with Crippen LogP contribution in [0.4, 0.5) is 4.79 Å². The van der Waals surface area contributed by atoms with Crippen molar-refractivity contribution < 1.29 is 19.1 Å². The minimum atomic E-state index is -1.09. The van der Waals surface area contributed by atoms with Crippen molar-refractivity contribution in [2.75, 3.05) is 0 Å². The predicted octanol–water partition coefficient (Wildman–Crippen LogP) is 4.89. The number of hydrogen-bond acceptors (Lipinski definition) is 6. The summed E-state index contributed by atoms with van der Waals surface area (Å²) < 4.78 is 5.42. The standard InChI is InChI=1S/C31H39N5O4/c1-20(2)36-19-24-16-23(18-33-26(24)27(36)37)22-11-9-21(10-12-22)15-25(17-32)34-28(38)31(13-7-6-8-14-31)35-29(39)40-30(3,4)5/h9-12,16,18,20,25H,6-8,13-15,19H2,1-5H3,(H,34,38)(H,35,39). The van der Waals surface area contributed by atoms with E-state index in [0.717, 1.165) is 41.5 Å². The minimum absolute atomic E-state index is 0.0345. The van der Waals surface area contributed by atoms with Crippen LogP contribution in [-0.2, 0) is 22.5 Å². The fourth-order valence-corrected chi connectivity index (χ4v) is 5.35. The molecule has 9 nitrogen and oxygen atoms in total. The molecule has 2 N–H and O–H groups in total. The first kappa shape index (κ1) is 29.1. The zero-order valence-electron chi connectivity index (χ0n) is 24.0. The van der Waals surface area contributed by atoms with E-state index in [9.17, 15) is 19.6 Å². The van der Waals surface area contributed by atoms with E-state index >= 15 is 0 Å². The summed E-state index contributed by atoms with van der Waals surface area (Å²) in [5, 5.41) is 15.5. The van der Waals surface area contributed by atoms with Gasteiger partial charge in [0.25, 0.3) is 5.91 Å². The molecule has 9 heteroatoms. The van der Waals surface area contributed by atoms with E-state index in [4.69, 9.17) is 4.74 Å². The highest BCUT2D eigenvalue weighted by atomic mass is 16.6. The fourth-order valence-electron chi connectivity index (χ4n) is 5.35. The van der Waals surface area contributed by atoms with Gasteiger partial charge in [-0.1, -0.05) is 43.5 Å². The van der Waals surface area contributed by atoms with E-state index in [1.165, 1.54) is 0 Å². The SMILES string of the molecule is CC(C)N1Cc2cc(-c3ccc(CC(C#N)NC(=O)C4(NC(=O)OC(C)(C)C)CCCCC4)cc3)cnc2C1=O. The summed E-state index contributed by atoms with van der Waals surface area (Å²) in [6, 6.07) is 11.3. The van der Waals surface area contributed by atoms with Crippen molar-refractivity contribution >= 4 is 17.9 Å². The molecular formula is C31H39N5O4. The summed E-state index contributed by atoms with van der Waals surface area (Å²) in [7, 11) is 0. The van der Waals surface area contributed by atoms with Gasteiger partial charge in [-0.3, -0.25) is 14.6 Å². The Kier molecular flexibility index (Phi) is 8.48. The van der Waals surface area contributed by atoms with Crippen molar-refractivity contribution in [3.63, 3.8) is 0 Å². The van der Waals surface area contributed by atoms with E-state index in [1.54, 1.807) is 31.9 Å². The van der Waals surface area contributed by atoms with Crippen molar-refractivity contribution in [2.45, 2.75) is 103 Å². The van der Waals surface area contributed by atoms with Gasteiger partial charge in [0, 0.05) is 36.3 Å². The number of benzene rings is 1. The minimum Gasteiger partial charge on any atom is -0.444 e. The van der Waals surface area contributed by atoms with Crippen LogP contribution in [0.2, 0.25) is 0 Å². The topological polar surface area (TPSA) is 124 Å². The lowest BCUT2D eigenvalue weighted by molar-refractivity contribution is -0.129. The highest BCUT2D eigenvalue weighted by molar-refractivity contribution is 5.97. The lowest BCUT2D eigenvalue weighted by Gasteiger charge is -2.37. The molecule has 0 radical (unpaired) electrons. The van der Waals surface area contributed by atoms with Crippen LogP contribution in [0.1, 0.15) is 88.3 Å². The number of amides is 3. The Hall–Kier alpha value is -3.93. The Morgan fingerprint density at radius 1 is 1.12 bits per heavy atom. The molecule has 1 saturated carbocycles. The molecule has 1 aromatic heterocycles. The number of pyridine rings is 1. The van der Waals surface area contributed by atoms with Gasteiger partial charge in [0.1, 0.15) is 22.9 Å². The van der Waals surface area contributed by atoms with Gasteiger partial charge in [-0.15, -0.1) is 0 Å². The van der Waals surface area contributed by atoms with E-state index < -0.39 is 23.3 Å². The van der Waals surface area contributed by atoms with Crippen LogP contribution < -0.4 is 10.6 Å². The molecule has 0 bridgehead atoms. The van der Waals surface area contributed by atoms with Crippen LogP contribution in [-0.4, -0.2) is 51.0 Å². The summed E-state index contributed by atoms with van der Waals surface area (Å²) in [4.78, 5) is 44.8. The number of carbonyl (C=O) groups excluding carboxylic acids is 3. The van der Waals surface area contributed by atoms with Gasteiger partial charge in [0.15, 0.2) is 0 Å². The van der Waals surface area contributed by atoms with Crippen molar-refractivity contribution in [3.05, 3.63) is 53.3 Å². The summed E-state index contributed by atoms with van der Waals surface area (Å²) >= 11 is 0. The summed E-state index contributed by atoms with van der Waals surface area (Å²) in [6.45, 7) is 9.87. The Balaban J connectivity index is 1.42. The van der Waals surface area contributed by atoms with Gasteiger partial charge in [-0.25, -0.2) is 4.79 Å². The first-order chi connectivity index (χ1) is 18.9. The molecule has 40 heavy (non-hydrogen) atoms. The second-order valence-electron chi connectivity index (χ2n) is 12.1. The Bertz CT molecular complexity index is 1300. The number of ether oxygens (including phenoxy) is 1. The zero-order chi connectivity index (χ0) is 29.1. The largest absolute Gasteiger partial charge is 0.444 e. The maximum absolute atomic E-state index is 13.4. The number of nitrogens with zero attached hydrogens (tertiary/aromatic N) is 3. The number of fused-ring (bicyclic) bond motifs is 1. The van der Waals surface area contributed by atoms with Crippen molar-refractivity contribution in [3.8, 4) is 17.2 Å². The molecule has 1 aliphatic heterocycles. The molecule has 0 saturated heterocycles. The molecule has 1 unspecified atom stereocenters. The number of hydrogen-bond donors (Lipinski definition) is 2. The summed E-state index contributed by atoms with van der Waals surface area (Å²) in [6.07, 6.45) is 5.02. The van der Waals surface area contributed by atoms with E-state index in [0.29, 0.717) is 31.5 Å². The van der Waals surface area contributed by atoms with Gasteiger partial charge in [0.05, 0.1) is 6.07 Å². The number of nitriles is 1. The third-order valence-corrected chi connectivity index (χ3v) is 7.46. The Labute approximate surface area is 236 Å². The number of rotatable bonds is 7. The molecule has 0 spiro atoms. The van der Waals surface area contributed by atoms with Gasteiger partial charge in [-0.05, 0) is 64.7 Å². The lowest BCUT2D eigenvalue weighted by atomic mass is 9.80. The Morgan fingerprint density at radius 2 is 1.80 bits per heavy atom. The molecule has 2 aromatic rings. The number of carbonyl (C=O) groups is 3. The molecule has 1 atom stereocenters. The fraction of sp³-hybridized carbons (Fsp3) is 0.516. The summed E-state index contributed by atoms with van der Waals surface area (Å²) in [5.41, 5.74) is 2.43. The second kappa shape index (κ2) is 11.7.